The van der Waals surface area contributed by atoms with Crippen molar-refractivity contribution in [1.29, 1.82) is 0 Å². The second kappa shape index (κ2) is 5.59. The van der Waals surface area contributed by atoms with Crippen LogP contribution in [0.3, 0.4) is 0 Å². The Kier molecular flexibility index (Phi) is 3.50. The molecule has 0 saturated heterocycles. The third-order valence-corrected chi connectivity index (χ3v) is 4.62. The number of fused-ring (bicyclic) bond motifs is 3. The maximum absolute atomic E-state index is 13.0. The van der Waals surface area contributed by atoms with Gasteiger partial charge in [-0.15, -0.1) is 0 Å². The van der Waals surface area contributed by atoms with E-state index in [0.29, 0.717) is 34.2 Å². The van der Waals surface area contributed by atoms with Crippen molar-refractivity contribution < 1.29 is 0 Å². The number of aromatic nitrogens is 4. The van der Waals surface area contributed by atoms with Crippen LogP contribution in [0.15, 0.2) is 39.0 Å². The topological polar surface area (TPSA) is 86.2 Å². The number of rotatable bonds is 2. The standard InChI is InChI=1S/C16H15ClN6O2/c1-9-7-22-12-13(18-15(22)20-19-9)21(2)16(25)23(14(12)24)8-10-5-3-4-6-11(10)17/h3-6H,7-8H2,1-2H3,(H,18,20). The summed E-state index contributed by atoms with van der Waals surface area (Å²) in [4.78, 5) is 30.1. The first-order valence-electron chi connectivity index (χ1n) is 7.70. The molecule has 1 aromatic carbocycles. The fourth-order valence-corrected chi connectivity index (χ4v) is 3.15. The van der Waals surface area contributed by atoms with Crippen molar-refractivity contribution in [3.63, 3.8) is 0 Å². The Morgan fingerprint density at radius 3 is 2.80 bits per heavy atom. The summed E-state index contributed by atoms with van der Waals surface area (Å²) in [5.41, 5.74) is 4.20. The summed E-state index contributed by atoms with van der Waals surface area (Å²) in [6.45, 7) is 2.40. The van der Waals surface area contributed by atoms with Gasteiger partial charge in [0.2, 0.25) is 5.95 Å². The Morgan fingerprint density at radius 1 is 1.28 bits per heavy atom. The van der Waals surface area contributed by atoms with Crippen LogP contribution in [-0.2, 0) is 20.1 Å². The summed E-state index contributed by atoms with van der Waals surface area (Å²) in [6.07, 6.45) is 0. The number of benzene rings is 1. The minimum absolute atomic E-state index is 0.0993. The van der Waals surface area contributed by atoms with Gasteiger partial charge in [0, 0.05) is 12.1 Å². The number of imidazole rings is 1. The van der Waals surface area contributed by atoms with E-state index >= 15 is 0 Å². The van der Waals surface area contributed by atoms with Crippen LogP contribution in [0.5, 0.6) is 0 Å². The Morgan fingerprint density at radius 2 is 2.04 bits per heavy atom. The number of hydrogen-bond donors (Lipinski definition) is 1. The minimum Gasteiger partial charge on any atom is -0.297 e. The first kappa shape index (κ1) is 15.6. The molecule has 1 aliphatic rings. The molecule has 2 aromatic heterocycles. The molecule has 3 heterocycles. The Hall–Kier alpha value is -2.87. The SMILES string of the molecule is CC1=NNc2nc3c(c(=O)n(Cc4ccccc4Cl)c(=O)n3C)n2C1. The van der Waals surface area contributed by atoms with Crippen LogP contribution >= 0.6 is 11.6 Å². The van der Waals surface area contributed by atoms with E-state index in [-0.39, 0.29) is 6.54 Å². The lowest BCUT2D eigenvalue weighted by molar-refractivity contribution is 0.654. The lowest BCUT2D eigenvalue weighted by Gasteiger charge is -2.14. The Labute approximate surface area is 147 Å². The van der Waals surface area contributed by atoms with E-state index in [1.54, 1.807) is 29.8 Å². The zero-order chi connectivity index (χ0) is 17.7. The minimum atomic E-state index is -0.439. The molecule has 3 aromatic rings. The van der Waals surface area contributed by atoms with Crippen LogP contribution < -0.4 is 16.7 Å². The van der Waals surface area contributed by atoms with Gasteiger partial charge in [0.15, 0.2) is 11.2 Å². The fourth-order valence-electron chi connectivity index (χ4n) is 2.96. The third-order valence-electron chi connectivity index (χ3n) is 4.25. The summed E-state index contributed by atoms with van der Waals surface area (Å²) in [7, 11) is 1.60. The van der Waals surface area contributed by atoms with E-state index < -0.39 is 11.2 Å². The average molecular weight is 359 g/mol. The molecule has 0 aliphatic carbocycles. The third kappa shape index (κ3) is 2.37. The summed E-state index contributed by atoms with van der Waals surface area (Å²) >= 11 is 6.18. The molecule has 1 N–H and O–H groups in total. The van der Waals surface area contributed by atoms with Gasteiger partial charge in [-0.3, -0.25) is 18.5 Å². The van der Waals surface area contributed by atoms with Crippen molar-refractivity contribution in [2.75, 3.05) is 5.43 Å². The van der Waals surface area contributed by atoms with Crippen molar-refractivity contribution in [2.24, 2.45) is 12.1 Å². The zero-order valence-electron chi connectivity index (χ0n) is 13.7. The van der Waals surface area contributed by atoms with Gasteiger partial charge in [0.25, 0.3) is 5.56 Å². The monoisotopic (exact) mass is 358 g/mol. The average Bonchev–Trinajstić information content (AvgIpc) is 2.97. The maximum atomic E-state index is 13.0. The van der Waals surface area contributed by atoms with Gasteiger partial charge >= 0.3 is 5.69 Å². The van der Waals surface area contributed by atoms with Gasteiger partial charge in [-0.05, 0) is 18.6 Å². The van der Waals surface area contributed by atoms with E-state index in [1.807, 2.05) is 13.0 Å². The van der Waals surface area contributed by atoms with Gasteiger partial charge in [-0.25, -0.2) is 10.2 Å². The van der Waals surface area contributed by atoms with Crippen LogP contribution in [0.1, 0.15) is 12.5 Å². The molecule has 8 nitrogen and oxygen atoms in total. The molecular formula is C16H15ClN6O2. The molecule has 9 heteroatoms. The smallest absolute Gasteiger partial charge is 0.297 e. The molecule has 0 saturated carbocycles. The quantitative estimate of drug-likeness (QED) is 0.750. The van der Waals surface area contributed by atoms with Gasteiger partial charge in [0.1, 0.15) is 0 Å². The number of aryl methyl sites for hydroxylation is 1. The first-order valence-corrected chi connectivity index (χ1v) is 8.08. The highest BCUT2D eigenvalue weighted by Crippen LogP contribution is 2.19. The molecule has 0 atom stereocenters. The second-order valence-electron chi connectivity index (χ2n) is 5.98. The van der Waals surface area contributed by atoms with Crippen molar-refractivity contribution >= 4 is 34.4 Å². The maximum Gasteiger partial charge on any atom is 0.332 e. The van der Waals surface area contributed by atoms with Crippen LogP contribution in [0.2, 0.25) is 5.02 Å². The molecule has 0 radical (unpaired) electrons. The molecule has 0 unspecified atom stereocenters. The van der Waals surface area contributed by atoms with E-state index in [0.717, 1.165) is 5.71 Å². The highest BCUT2D eigenvalue weighted by Gasteiger charge is 2.22. The highest BCUT2D eigenvalue weighted by atomic mass is 35.5. The van der Waals surface area contributed by atoms with Gasteiger partial charge < -0.3 is 0 Å². The summed E-state index contributed by atoms with van der Waals surface area (Å²) in [5.74, 6) is 0.447. The van der Waals surface area contributed by atoms with Crippen LogP contribution in [-0.4, -0.2) is 24.4 Å². The van der Waals surface area contributed by atoms with Crippen LogP contribution in [0, 0.1) is 0 Å². The number of nitrogens with one attached hydrogen (secondary N) is 1. The second-order valence-corrected chi connectivity index (χ2v) is 6.38. The van der Waals surface area contributed by atoms with Gasteiger partial charge in [-0.1, -0.05) is 29.8 Å². The first-order chi connectivity index (χ1) is 12.0. The van der Waals surface area contributed by atoms with Gasteiger partial charge in [0.05, 0.1) is 18.8 Å². The van der Waals surface area contributed by atoms with E-state index in [2.05, 4.69) is 15.5 Å². The molecule has 1 aliphatic heterocycles. The highest BCUT2D eigenvalue weighted by molar-refractivity contribution is 6.31. The molecule has 0 fully saturated rings. The van der Waals surface area contributed by atoms with Crippen LogP contribution in [0.4, 0.5) is 5.95 Å². The predicted molar refractivity (Wildman–Crippen MR) is 96.5 cm³/mol. The van der Waals surface area contributed by atoms with Crippen molar-refractivity contribution in [3.8, 4) is 0 Å². The molecule has 0 bridgehead atoms. The van der Waals surface area contributed by atoms with E-state index in [9.17, 15) is 9.59 Å². The fraction of sp³-hybridized carbons (Fsp3) is 0.250. The normalized spacial score (nSPS) is 13.5. The van der Waals surface area contributed by atoms with Crippen molar-refractivity contribution in [2.45, 2.75) is 20.0 Å². The largest absolute Gasteiger partial charge is 0.332 e. The molecule has 25 heavy (non-hydrogen) atoms. The summed E-state index contributed by atoms with van der Waals surface area (Å²) in [5, 5.41) is 4.63. The number of nitrogens with zero attached hydrogens (tertiary/aromatic N) is 5. The predicted octanol–water partition coefficient (Wildman–Crippen LogP) is 1.40. The zero-order valence-corrected chi connectivity index (χ0v) is 14.4. The lowest BCUT2D eigenvalue weighted by atomic mass is 10.2. The number of hydrazone groups is 1. The summed E-state index contributed by atoms with van der Waals surface area (Å²) < 4.78 is 4.29. The molecule has 128 valence electrons. The molecule has 0 spiro atoms. The number of anilines is 1. The molecule has 4 rings (SSSR count). The number of hydrogen-bond acceptors (Lipinski definition) is 5. The van der Waals surface area contributed by atoms with Crippen molar-refractivity contribution in [1.82, 2.24) is 18.7 Å². The Bertz CT molecular complexity index is 1150. The molecular weight excluding hydrogens is 344 g/mol. The van der Waals surface area contributed by atoms with Crippen molar-refractivity contribution in [3.05, 3.63) is 55.7 Å². The lowest BCUT2D eigenvalue weighted by Crippen LogP contribution is -2.40. The van der Waals surface area contributed by atoms with Crippen LogP contribution in [0.25, 0.3) is 11.2 Å². The van der Waals surface area contributed by atoms with E-state index in [4.69, 9.17) is 11.6 Å². The summed E-state index contributed by atoms with van der Waals surface area (Å²) in [6, 6.07) is 7.15. The van der Waals surface area contributed by atoms with E-state index in [1.165, 1.54) is 9.13 Å². The number of halogens is 1. The van der Waals surface area contributed by atoms with Gasteiger partial charge in [-0.2, -0.15) is 10.1 Å². The Balaban J connectivity index is 1.98. The molecule has 0 amide bonds.